The summed E-state index contributed by atoms with van der Waals surface area (Å²) in [6.45, 7) is 1.07. The van der Waals surface area contributed by atoms with Crippen molar-refractivity contribution in [3.8, 4) is 11.5 Å². The molecule has 1 atom stereocenters. The Labute approximate surface area is 148 Å². The maximum Gasteiger partial charge on any atom is 0.262 e. The van der Waals surface area contributed by atoms with E-state index in [1.165, 1.54) is 0 Å². The van der Waals surface area contributed by atoms with Crippen LogP contribution in [-0.2, 0) is 4.79 Å². The van der Waals surface area contributed by atoms with Crippen LogP contribution in [0.4, 0.5) is 8.78 Å². The van der Waals surface area contributed by atoms with Gasteiger partial charge in [0.2, 0.25) is 12.7 Å². The van der Waals surface area contributed by atoms with E-state index < -0.39 is 24.9 Å². The molecule has 26 heavy (non-hydrogen) atoms. The van der Waals surface area contributed by atoms with Gasteiger partial charge >= 0.3 is 0 Å². The number of fused-ring (bicyclic) bond motifs is 1. The summed E-state index contributed by atoms with van der Waals surface area (Å²) in [5.74, 6) is -2.16. The molecule has 1 unspecified atom stereocenters. The van der Waals surface area contributed by atoms with Crippen LogP contribution in [0.1, 0.15) is 16.8 Å². The second-order valence-electron chi connectivity index (χ2n) is 6.68. The molecule has 1 N–H and O–H groups in total. The number of hydrogen-bond donors (Lipinski definition) is 1. The molecule has 2 amide bonds. The topological polar surface area (TPSA) is 71.1 Å². The molecule has 0 radical (unpaired) electrons. The Morgan fingerprint density at radius 1 is 1.08 bits per heavy atom. The van der Waals surface area contributed by atoms with Gasteiger partial charge < -0.3 is 19.3 Å². The van der Waals surface area contributed by atoms with Crippen LogP contribution in [0, 0.1) is 0 Å². The summed E-state index contributed by atoms with van der Waals surface area (Å²) in [4.78, 5) is 28.2. The van der Waals surface area contributed by atoms with E-state index in [0.717, 1.165) is 0 Å². The fourth-order valence-corrected chi connectivity index (χ4v) is 3.45. The lowest BCUT2D eigenvalue weighted by molar-refractivity contribution is -0.135. The zero-order valence-corrected chi connectivity index (χ0v) is 14.0. The fourth-order valence-electron chi connectivity index (χ4n) is 3.45. The highest BCUT2D eigenvalue weighted by Gasteiger charge is 2.44. The minimum absolute atomic E-state index is 0.141. The Bertz CT molecular complexity index is 735. The zero-order chi connectivity index (χ0) is 18.3. The molecule has 7 nitrogen and oxygen atoms in total. The van der Waals surface area contributed by atoms with Gasteiger partial charge in [0, 0.05) is 38.2 Å². The molecular formula is C17H19F2N3O4. The molecule has 0 saturated carbocycles. The third kappa shape index (κ3) is 3.18. The van der Waals surface area contributed by atoms with Gasteiger partial charge in [0.25, 0.3) is 11.8 Å². The van der Waals surface area contributed by atoms with Crippen LogP contribution in [0.15, 0.2) is 18.2 Å². The minimum atomic E-state index is -2.84. The predicted molar refractivity (Wildman–Crippen MR) is 86.4 cm³/mol. The molecule has 1 aromatic carbocycles. The number of piperazine rings is 1. The summed E-state index contributed by atoms with van der Waals surface area (Å²) in [5, 5.41) is 2.58. The largest absolute Gasteiger partial charge is 0.454 e. The summed E-state index contributed by atoms with van der Waals surface area (Å²) in [7, 11) is 0. The summed E-state index contributed by atoms with van der Waals surface area (Å²) in [6.07, 6.45) is -0.470. The van der Waals surface area contributed by atoms with Gasteiger partial charge in [0.15, 0.2) is 11.5 Å². The highest BCUT2D eigenvalue weighted by Crippen LogP contribution is 2.33. The lowest BCUT2D eigenvalue weighted by Crippen LogP contribution is -2.54. The molecule has 0 aromatic heterocycles. The van der Waals surface area contributed by atoms with Crippen LogP contribution in [0.5, 0.6) is 11.5 Å². The van der Waals surface area contributed by atoms with Crippen LogP contribution in [0.3, 0.4) is 0 Å². The van der Waals surface area contributed by atoms with Crippen molar-refractivity contribution in [1.82, 2.24) is 15.1 Å². The number of nitrogens with zero attached hydrogens (tertiary/aromatic N) is 2. The summed E-state index contributed by atoms with van der Waals surface area (Å²) in [5.41, 5.74) is 0.492. The molecule has 2 saturated heterocycles. The maximum absolute atomic E-state index is 13.3. The summed E-state index contributed by atoms with van der Waals surface area (Å²) in [6, 6.07) is 4.17. The lowest BCUT2D eigenvalue weighted by Gasteiger charge is -2.36. The average Bonchev–Trinajstić information content (AvgIpc) is 3.25. The second-order valence-corrected chi connectivity index (χ2v) is 6.68. The molecule has 3 aliphatic heterocycles. The van der Waals surface area contributed by atoms with E-state index in [9.17, 15) is 18.4 Å². The molecule has 1 aromatic rings. The minimum Gasteiger partial charge on any atom is -0.454 e. The third-order valence-electron chi connectivity index (χ3n) is 4.91. The number of carbonyl (C=O) groups is 2. The number of carbonyl (C=O) groups excluding carboxylic acids is 2. The van der Waals surface area contributed by atoms with Crippen molar-refractivity contribution in [2.45, 2.75) is 18.4 Å². The van der Waals surface area contributed by atoms with Crippen molar-refractivity contribution >= 4 is 11.8 Å². The van der Waals surface area contributed by atoms with Crippen LogP contribution < -0.4 is 14.8 Å². The second kappa shape index (κ2) is 6.39. The monoisotopic (exact) mass is 367 g/mol. The molecular weight excluding hydrogens is 348 g/mol. The SMILES string of the molecule is O=C(c1ccc2c(c1)OCO2)N1CCN(C(=O)C2CC(F)(F)CN2)CC1. The van der Waals surface area contributed by atoms with Crippen molar-refractivity contribution in [2.75, 3.05) is 39.5 Å². The van der Waals surface area contributed by atoms with Gasteiger partial charge in [-0.3, -0.25) is 14.9 Å². The van der Waals surface area contributed by atoms with E-state index in [2.05, 4.69) is 5.32 Å². The first-order valence-electron chi connectivity index (χ1n) is 8.52. The van der Waals surface area contributed by atoms with Gasteiger partial charge in [-0.2, -0.15) is 0 Å². The molecule has 2 fully saturated rings. The van der Waals surface area contributed by atoms with Crippen molar-refractivity contribution in [1.29, 1.82) is 0 Å². The number of rotatable bonds is 2. The van der Waals surface area contributed by atoms with Crippen molar-refractivity contribution in [2.24, 2.45) is 0 Å². The highest BCUT2D eigenvalue weighted by molar-refractivity contribution is 5.95. The number of hydrogen-bond acceptors (Lipinski definition) is 5. The zero-order valence-electron chi connectivity index (χ0n) is 14.0. The van der Waals surface area contributed by atoms with E-state index in [4.69, 9.17) is 9.47 Å². The first kappa shape index (κ1) is 17.0. The van der Waals surface area contributed by atoms with Gasteiger partial charge in [0.1, 0.15) is 0 Å². The van der Waals surface area contributed by atoms with Crippen molar-refractivity contribution in [3.63, 3.8) is 0 Å². The van der Waals surface area contributed by atoms with Gasteiger partial charge in [0.05, 0.1) is 12.6 Å². The highest BCUT2D eigenvalue weighted by atomic mass is 19.3. The summed E-state index contributed by atoms with van der Waals surface area (Å²) < 4.78 is 37.1. The quantitative estimate of drug-likeness (QED) is 0.833. The molecule has 4 rings (SSSR count). The number of alkyl halides is 2. The number of ether oxygens (including phenoxy) is 2. The first-order valence-corrected chi connectivity index (χ1v) is 8.52. The van der Waals surface area contributed by atoms with Crippen LogP contribution in [-0.4, -0.2) is 73.1 Å². The number of nitrogens with one attached hydrogen (secondary N) is 1. The smallest absolute Gasteiger partial charge is 0.262 e. The molecule has 3 aliphatic rings. The summed E-state index contributed by atoms with van der Waals surface area (Å²) >= 11 is 0. The lowest BCUT2D eigenvalue weighted by atomic mass is 10.1. The Balaban J connectivity index is 1.35. The first-order chi connectivity index (χ1) is 12.4. The van der Waals surface area contributed by atoms with Crippen LogP contribution >= 0.6 is 0 Å². The number of benzene rings is 1. The average molecular weight is 367 g/mol. The Kier molecular flexibility index (Phi) is 4.18. The molecule has 0 spiro atoms. The fraction of sp³-hybridized carbons (Fsp3) is 0.529. The van der Waals surface area contributed by atoms with E-state index in [0.29, 0.717) is 43.2 Å². The molecule has 9 heteroatoms. The normalized spacial score (nSPS) is 24.0. The molecule has 140 valence electrons. The molecule has 3 heterocycles. The van der Waals surface area contributed by atoms with E-state index >= 15 is 0 Å². The van der Waals surface area contributed by atoms with E-state index in [1.807, 2.05) is 0 Å². The Morgan fingerprint density at radius 3 is 2.46 bits per heavy atom. The van der Waals surface area contributed by atoms with Gasteiger partial charge in [-0.15, -0.1) is 0 Å². The van der Waals surface area contributed by atoms with Gasteiger partial charge in [-0.25, -0.2) is 8.78 Å². The third-order valence-corrected chi connectivity index (χ3v) is 4.91. The van der Waals surface area contributed by atoms with Crippen molar-refractivity contribution in [3.05, 3.63) is 23.8 Å². The van der Waals surface area contributed by atoms with E-state index in [1.54, 1.807) is 28.0 Å². The number of halogens is 2. The Morgan fingerprint density at radius 2 is 1.77 bits per heavy atom. The molecule has 0 aliphatic carbocycles. The molecule has 0 bridgehead atoms. The number of amides is 2. The maximum atomic E-state index is 13.3. The standard InChI is InChI=1S/C17H19F2N3O4/c18-17(19)8-12(20-9-17)16(24)22-5-3-21(4-6-22)15(23)11-1-2-13-14(7-11)26-10-25-13/h1-2,7,12,20H,3-6,8-10H2. The van der Waals surface area contributed by atoms with Crippen LogP contribution in [0.2, 0.25) is 0 Å². The van der Waals surface area contributed by atoms with Gasteiger partial charge in [-0.05, 0) is 18.2 Å². The van der Waals surface area contributed by atoms with Crippen molar-refractivity contribution < 1.29 is 27.8 Å². The predicted octanol–water partition coefficient (Wildman–Crippen LogP) is 0.697. The van der Waals surface area contributed by atoms with Crippen LogP contribution in [0.25, 0.3) is 0 Å². The Hall–Kier alpha value is -2.42. The van der Waals surface area contributed by atoms with E-state index in [-0.39, 0.29) is 18.6 Å². The van der Waals surface area contributed by atoms with Gasteiger partial charge in [-0.1, -0.05) is 0 Å².